The number of aromatic nitrogens is 1. The molecule has 2 aromatic rings. The molecular formula is C25H23N3O4S. The molecule has 1 saturated heterocycles. The number of allylic oxidation sites excluding steroid dienone is 2. The van der Waals surface area contributed by atoms with E-state index in [2.05, 4.69) is 41.4 Å². The lowest BCUT2D eigenvalue weighted by atomic mass is 9.88. The van der Waals surface area contributed by atoms with Crippen LogP contribution >= 0.6 is 11.8 Å². The molecule has 3 aliphatic heterocycles. The second-order valence-electron chi connectivity index (χ2n) is 9.43. The number of nitrogens with zero attached hydrogens (tertiary/aromatic N) is 3. The smallest absolute Gasteiger partial charge is 0.278 e. The van der Waals surface area contributed by atoms with Crippen LogP contribution in [0, 0.1) is 5.92 Å². The van der Waals surface area contributed by atoms with Crippen molar-refractivity contribution in [3.8, 4) is 5.75 Å². The quantitative estimate of drug-likeness (QED) is 0.704. The third-order valence-corrected chi connectivity index (χ3v) is 8.71. The van der Waals surface area contributed by atoms with Gasteiger partial charge in [0, 0.05) is 28.8 Å². The van der Waals surface area contributed by atoms with Gasteiger partial charge in [-0.15, -0.1) is 11.8 Å². The minimum atomic E-state index is -0.541. The average molecular weight is 462 g/mol. The summed E-state index contributed by atoms with van der Waals surface area (Å²) >= 11 is 1.82. The zero-order valence-electron chi connectivity index (χ0n) is 17.9. The van der Waals surface area contributed by atoms with Gasteiger partial charge in [0.1, 0.15) is 6.17 Å². The van der Waals surface area contributed by atoms with Gasteiger partial charge in [-0.25, -0.2) is 0 Å². The van der Waals surface area contributed by atoms with Gasteiger partial charge in [0.05, 0.1) is 24.8 Å². The second-order valence-corrected chi connectivity index (χ2v) is 10.5. The Morgan fingerprint density at radius 3 is 2.85 bits per heavy atom. The van der Waals surface area contributed by atoms with Crippen molar-refractivity contribution in [1.29, 1.82) is 0 Å². The fourth-order valence-electron chi connectivity index (χ4n) is 5.68. The third kappa shape index (κ3) is 2.74. The highest BCUT2D eigenvalue weighted by atomic mass is 32.2. The number of morpholine rings is 1. The van der Waals surface area contributed by atoms with Crippen molar-refractivity contribution < 1.29 is 14.6 Å². The van der Waals surface area contributed by atoms with E-state index >= 15 is 0 Å². The summed E-state index contributed by atoms with van der Waals surface area (Å²) < 4.78 is 8.01. The van der Waals surface area contributed by atoms with Crippen molar-refractivity contribution in [2.24, 2.45) is 5.92 Å². The zero-order chi connectivity index (χ0) is 22.3. The molecule has 1 N–H and O–H groups in total. The maximum Gasteiger partial charge on any atom is 0.278 e. The second kappa shape index (κ2) is 6.77. The number of aromatic hydroxyl groups is 1. The van der Waals surface area contributed by atoms with Crippen LogP contribution in [0.3, 0.4) is 0 Å². The predicted octanol–water partition coefficient (Wildman–Crippen LogP) is 2.80. The minimum absolute atomic E-state index is 0.0401. The average Bonchev–Trinajstić information content (AvgIpc) is 3.45. The van der Waals surface area contributed by atoms with Gasteiger partial charge in [-0.3, -0.25) is 19.3 Å². The van der Waals surface area contributed by atoms with Crippen LogP contribution in [-0.2, 0) is 4.74 Å². The summed E-state index contributed by atoms with van der Waals surface area (Å²) in [4.78, 5) is 29.0. The number of thioether (sulfide) groups is 1. The van der Waals surface area contributed by atoms with Crippen LogP contribution in [0.2, 0.25) is 0 Å². The largest absolute Gasteiger partial charge is 0.502 e. The van der Waals surface area contributed by atoms with Gasteiger partial charge in [-0.2, -0.15) is 0 Å². The predicted molar refractivity (Wildman–Crippen MR) is 124 cm³/mol. The molecule has 2 fully saturated rings. The van der Waals surface area contributed by atoms with Crippen LogP contribution in [-0.4, -0.2) is 51.3 Å². The Bertz CT molecular complexity index is 1310. The topological polar surface area (TPSA) is 75.0 Å². The molecule has 168 valence electrons. The van der Waals surface area contributed by atoms with Crippen LogP contribution in [0.1, 0.15) is 34.9 Å². The molecule has 1 amide bonds. The molecule has 1 spiro atoms. The number of hydrogen-bond donors (Lipinski definition) is 1. The number of amides is 1. The summed E-state index contributed by atoms with van der Waals surface area (Å²) in [7, 11) is 0. The van der Waals surface area contributed by atoms with Gasteiger partial charge >= 0.3 is 0 Å². The molecule has 1 unspecified atom stereocenters. The Labute approximate surface area is 194 Å². The molecule has 0 radical (unpaired) electrons. The zero-order valence-corrected chi connectivity index (χ0v) is 18.7. The lowest BCUT2D eigenvalue weighted by Gasteiger charge is -2.53. The number of fused-ring (bicyclic) bond motifs is 4. The maximum atomic E-state index is 13.6. The Balaban J connectivity index is 1.47. The lowest BCUT2D eigenvalue weighted by molar-refractivity contribution is -0.0805. The van der Waals surface area contributed by atoms with E-state index in [1.165, 1.54) is 22.1 Å². The fraction of sp³-hybridized carbons (Fsp3) is 0.360. The van der Waals surface area contributed by atoms with E-state index in [0.717, 1.165) is 18.6 Å². The molecule has 7 rings (SSSR count). The first kappa shape index (κ1) is 19.5. The SMILES string of the molecule is O=C1c2c(O)c(=O)ccn2N([C@@H]2c3ccccc3SCC3=CC=CC32)[C@@H]2COC3(CC3)CN12. The minimum Gasteiger partial charge on any atom is -0.502 e. The number of carbonyl (C=O) groups excluding carboxylic acids is 1. The van der Waals surface area contributed by atoms with Crippen LogP contribution in [0.15, 0.2) is 70.0 Å². The number of hydrogen-bond acceptors (Lipinski definition) is 6. The normalized spacial score (nSPS) is 28.5. The number of ether oxygens (including phenoxy) is 1. The van der Waals surface area contributed by atoms with Crippen molar-refractivity contribution in [3.05, 3.63) is 81.8 Å². The standard InChI is InChI=1S/C25H23N3O4S/c29-18-8-11-27-22(23(18)30)24(31)26-14-25(9-10-25)32-12-20(26)28(27)21-16-6-3-4-15(16)13-33-19-7-2-1-5-17(19)21/h1-8,11,16,20-21,30H,9-10,12-14H2/t16?,20-,21+/m1/s1. The van der Waals surface area contributed by atoms with Gasteiger partial charge in [0.25, 0.3) is 5.91 Å². The molecular weight excluding hydrogens is 438 g/mol. The van der Waals surface area contributed by atoms with Crippen LogP contribution in [0.5, 0.6) is 5.75 Å². The summed E-state index contributed by atoms with van der Waals surface area (Å²) in [6.07, 6.45) is 9.65. The number of pyridine rings is 1. The first-order valence-electron chi connectivity index (χ1n) is 11.3. The molecule has 1 aromatic heterocycles. The summed E-state index contributed by atoms with van der Waals surface area (Å²) in [6, 6.07) is 9.60. The molecule has 4 heterocycles. The van der Waals surface area contributed by atoms with Crippen molar-refractivity contribution in [2.75, 3.05) is 23.9 Å². The van der Waals surface area contributed by atoms with Crippen LogP contribution < -0.4 is 10.4 Å². The first-order valence-corrected chi connectivity index (χ1v) is 12.3. The van der Waals surface area contributed by atoms with E-state index in [-0.39, 0.29) is 35.3 Å². The van der Waals surface area contributed by atoms with Crippen molar-refractivity contribution >= 4 is 17.7 Å². The van der Waals surface area contributed by atoms with Crippen LogP contribution in [0.25, 0.3) is 0 Å². The van der Waals surface area contributed by atoms with E-state index in [0.29, 0.717) is 13.2 Å². The van der Waals surface area contributed by atoms with Gasteiger partial charge < -0.3 is 14.7 Å². The third-order valence-electron chi connectivity index (χ3n) is 7.55. The van der Waals surface area contributed by atoms with Gasteiger partial charge in [0.15, 0.2) is 11.4 Å². The molecule has 8 heteroatoms. The van der Waals surface area contributed by atoms with E-state index < -0.39 is 11.2 Å². The van der Waals surface area contributed by atoms with Crippen molar-refractivity contribution in [1.82, 2.24) is 9.58 Å². The van der Waals surface area contributed by atoms with E-state index in [4.69, 9.17) is 4.74 Å². The summed E-state index contributed by atoms with van der Waals surface area (Å²) in [5.41, 5.74) is 1.72. The highest BCUT2D eigenvalue weighted by Crippen LogP contribution is 2.50. The van der Waals surface area contributed by atoms with E-state index in [1.54, 1.807) is 10.9 Å². The maximum absolute atomic E-state index is 13.6. The molecule has 33 heavy (non-hydrogen) atoms. The molecule has 7 nitrogen and oxygen atoms in total. The number of rotatable bonds is 1. The van der Waals surface area contributed by atoms with Crippen LogP contribution in [0.4, 0.5) is 0 Å². The van der Waals surface area contributed by atoms with Crippen molar-refractivity contribution in [3.63, 3.8) is 0 Å². The Morgan fingerprint density at radius 2 is 2.00 bits per heavy atom. The van der Waals surface area contributed by atoms with E-state index in [1.807, 2.05) is 22.7 Å². The van der Waals surface area contributed by atoms with Gasteiger partial charge in [-0.1, -0.05) is 42.0 Å². The Morgan fingerprint density at radius 1 is 1.15 bits per heavy atom. The Hall–Kier alpha value is -2.97. The van der Waals surface area contributed by atoms with Gasteiger partial charge in [0.2, 0.25) is 5.43 Å². The molecule has 1 aromatic carbocycles. The fourth-order valence-corrected chi connectivity index (χ4v) is 6.82. The molecule has 0 bridgehead atoms. The molecule has 1 saturated carbocycles. The highest BCUT2D eigenvalue weighted by molar-refractivity contribution is 7.99. The van der Waals surface area contributed by atoms with Crippen molar-refractivity contribution in [2.45, 2.75) is 35.5 Å². The summed E-state index contributed by atoms with van der Waals surface area (Å²) in [5.74, 6) is 0.211. The lowest BCUT2D eigenvalue weighted by Crippen LogP contribution is -2.68. The summed E-state index contributed by atoms with van der Waals surface area (Å²) in [6.45, 7) is 0.862. The number of benzene rings is 1. The monoisotopic (exact) mass is 461 g/mol. The molecule has 2 aliphatic carbocycles. The van der Waals surface area contributed by atoms with Gasteiger partial charge in [-0.05, 0) is 24.5 Å². The highest BCUT2D eigenvalue weighted by Gasteiger charge is 2.56. The first-order chi connectivity index (χ1) is 16.1. The number of carbonyl (C=O) groups is 1. The molecule has 5 aliphatic rings. The summed E-state index contributed by atoms with van der Waals surface area (Å²) in [5, 5.41) is 12.9. The Kier molecular flexibility index (Phi) is 4.00. The molecule has 3 atom stereocenters. The van der Waals surface area contributed by atoms with E-state index in [9.17, 15) is 14.7 Å².